The molecule has 1 aromatic heterocycles. The van der Waals surface area contributed by atoms with Crippen molar-refractivity contribution in [2.75, 3.05) is 0 Å². The molecule has 0 radical (unpaired) electrons. The van der Waals surface area contributed by atoms with Crippen molar-refractivity contribution in [2.24, 2.45) is 0 Å². The third-order valence-electron chi connectivity index (χ3n) is 2.73. The van der Waals surface area contributed by atoms with Crippen molar-refractivity contribution >= 4 is 0 Å². The first-order valence-corrected chi connectivity index (χ1v) is 5.37. The van der Waals surface area contributed by atoms with Crippen LogP contribution in [0.3, 0.4) is 0 Å². The Balaban J connectivity index is 2.46. The molecule has 84 valence electrons. The Morgan fingerprint density at radius 3 is 2.65 bits per heavy atom. The summed E-state index contributed by atoms with van der Waals surface area (Å²) in [5, 5.41) is 9.00. The smallest absolute Gasteiger partial charge is 0.251 e. The minimum Gasteiger partial charge on any atom is -0.308 e. The van der Waals surface area contributed by atoms with Crippen LogP contribution in [0.25, 0.3) is 0 Å². The molecule has 0 atom stereocenters. The predicted octanol–water partition coefficient (Wildman–Crippen LogP) is 2.08. The first kappa shape index (κ1) is 11.2. The van der Waals surface area contributed by atoms with Crippen LogP contribution in [0.4, 0.5) is 0 Å². The van der Waals surface area contributed by atoms with Crippen molar-refractivity contribution in [3.05, 3.63) is 69.6 Å². The molecule has 0 unspecified atom stereocenters. The van der Waals surface area contributed by atoms with Crippen LogP contribution in [-0.4, -0.2) is 4.57 Å². The molecule has 0 spiro atoms. The zero-order chi connectivity index (χ0) is 12.3. The number of aromatic nitrogens is 1. The Bertz CT molecular complexity index is 635. The lowest BCUT2D eigenvalue weighted by Gasteiger charge is -2.10. The molecule has 1 heterocycles. The zero-order valence-electron chi connectivity index (χ0n) is 9.55. The van der Waals surface area contributed by atoms with Gasteiger partial charge in [-0.15, -0.1) is 0 Å². The summed E-state index contributed by atoms with van der Waals surface area (Å²) in [7, 11) is 0. The molecule has 3 heteroatoms. The van der Waals surface area contributed by atoms with Crippen LogP contribution in [0.1, 0.15) is 16.8 Å². The van der Waals surface area contributed by atoms with Gasteiger partial charge in [0.2, 0.25) is 0 Å². The van der Waals surface area contributed by atoms with E-state index in [9.17, 15) is 4.79 Å². The molecule has 0 aliphatic rings. The van der Waals surface area contributed by atoms with Crippen LogP contribution in [0.2, 0.25) is 0 Å². The monoisotopic (exact) mass is 224 g/mol. The summed E-state index contributed by atoms with van der Waals surface area (Å²) in [5.41, 5.74) is 2.33. The van der Waals surface area contributed by atoms with Gasteiger partial charge in [0.1, 0.15) is 0 Å². The van der Waals surface area contributed by atoms with Crippen LogP contribution in [0, 0.1) is 18.3 Å². The molecule has 0 aliphatic heterocycles. The van der Waals surface area contributed by atoms with E-state index in [1.807, 2.05) is 31.2 Å². The topological polar surface area (TPSA) is 45.8 Å². The predicted molar refractivity (Wildman–Crippen MR) is 65.7 cm³/mol. The van der Waals surface area contributed by atoms with E-state index in [2.05, 4.69) is 6.07 Å². The van der Waals surface area contributed by atoms with Crippen LogP contribution < -0.4 is 5.56 Å². The number of nitriles is 1. The molecule has 2 rings (SSSR count). The summed E-state index contributed by atoms with van der Waals surface area (Å²) in [6.07, 6.45) is 0. The quantitative estimate of drug-likeness (QED) is 0.784. The van der Waals surface area contributed by atoms with Crippen molar-refractivity contribution in [2.45, 2.75) is 13.5 Å². The molecule has 0 saturated carbocycles. The van der Waals surface area contributed by atoms with Gasteiger partial charge in [0.15, 0.2) is 0 Å². The molecule has 2 aromatic rings. The first-order chi connectivity index (χ1) is 8.22. The molecule has 0 bridgehead atoms. The lowest BCUT2D eigenvalue weighted by atomic mass is 10.1. The van der Waals surface area contributed by atoms with Crippen LogP contribution in [-0.2, 0) is 6.54 Å². The van der Waals surface area contributed by atoms with Gasteiger partial charge in [-0.1, -0.05) is 24.3 Å². The van der Waals surface area contributed by atoms with E-state index >= 15 is 0 Å². The Hall–Kier alpha value is -2.34. The number of rotatable bonds is 2. The van der Waals surface area contributed by atoms with Crippen LogP contribution in [0.15, 0.2) is 47.3 Å². The number of pyridine rings is 1. The van der Waals surface area contributed by atoms with Gasteiger partial charge in [0.25, 0.3) is 5.56 Å². The van der Waals surface area contributed by atoms with Gasteiger partial charge in [0.05, 0.1) is 18.2 Å². The Kier molecular flexibility index (Phi) is 3.06. The maximum absolute atomic E-state index is 11.7. The number of aryl methyl sites for hydroxylation is 1. The van der Waals surface area contributed by atoms with Gasteiger partial charge in [-0.2, -0.15) is 5.26 Å². The minimum atomic E-state index is -0.0438. The standard InChI is InChI=1S/C14H12N2O/c1-11-5-4-8-14(17)16(11)10-13-7-3-2-6-12(13)9-15/h2-8H,10H2,1H3. The molecule has 3 nitrogen and oxygen atoms in total. The SMILES string of the molecule is Cc1cccc(=O)n1Cc1ccccc1C#N. The highest BCUT2D eigenvalue weighted by Gasteiger charge is 2.04. The molecular formula is C14H12N2O. The second-order valence-electron chi connectivity index (χ2n) is 3.86. The van der Waals surface area contributed by atoms with E-state index in [0.717, 1.165) is 11.3 Å². The van der Waals surface area contributed by atoms with Gasteiger partial charge >= 0.3 is 0 Å². The lowest BCUT2D eigenvalue weighted by Crippen LogP contribution is -2.21. The third kappa shape index (κ3) is 2.26. The molecule has 0 amide bonds. The number of benzene rings is 1. The maximum Gasteiger partial charge on any atom is 0.251 e. The minimum absolute atomic E-state index is 0.0438. The highest BCUT2D eigenvalue weighted by Crippen LogP contribution is 2.09. The van der Waals surface area contributed by atoms with Gasteiger partial charge in [0, 0.05) is 11.8 Å². The second-order valence-corrected chi connectivity index (χ2v) is 3.86. The van der Waals surface area contributed by atoms with Crippen molar-refractivity contribution in [3.8, 4) is 6.07 Å². The van der Waals surface area contributed by atoms with Gasteiger partial charge in [-0.3, -0.25) is 4.79 Å². The fourth-order valence-electron chi connectivity index (χ4n) is 1.76. The summed E-state index contributed by atoms with van der Waals surface area (Å²) in [6.45, 7) is 2.33. The summed E-state index contributed by atoms with van der Waals surface area (Å²) >= 11 is 0. The fourth-order valence-corrected chi connectivity index (χ4v) is 1.76. The van der Waals surface area contributed by atoms with Crippen molar-refractivity contribution in [1.82, 2.24) is 4.57 Å². The summed E-state index contributed by atoms with van der Waals surface area (Å²) in [4.78, 5) is 11.7. The average molecular weight is 224 g/mol. The molecule has 0 N–H and O–H groups in total. The molecular weight excluding hydrogens is 212 g/mol. The third-order valence-corrected chi connectivity index (χ3v) is 2.73. The van der Waals surface area contributed by atoms with Crippen LogP contribution in [0.5, 0.6) is 0 Å². The van der Waals surface area contributed by atoms with E-state index in [-0.39, 0.29) is 5.56 Å². The zero-order valence-corrected chi connectivity index (χ0v) is 9.55. The summed E-state index contributed by atoms with van der Waals surface area (Å²) < 4.78 is 1.66. The van der Waals surface area contributed by atoms with E-state index < -0.39 is 0 Å². The summed E-state index contributed by atoms with van der Waals surface area (Å²) in [6, 6.07) is 14.6. The van der Waals surface area contributed by atoms with Crippen molar-refractivity contribution in [3.63, 3.8) is 0 Å². The number of hydrogen-bond acceptors (Lipinski definition) is 2. The Morgan fingerprint density at radius 2 is 1.94 bits per heavy atom. The largest absolute Gasteiger partial charge is 0.308 e. The molecule has 0 saturated heterocycles. The van der Waals surface area contributed by atoms with Gasteiger partial charge in [-0.05, 0) is 24.6 Å². The number of hydrogen-bond donors (Lipinski definition) is 0. The molecule has 0 aliphatic carbocycles. The lowest BCUT2D eigenvalue weighted by molar-refractivity contribution is 0.728. The summed E-state index contributed by atoms with van der Waals surface area (Å²) in [5.74, 6) is 0. The van der Waals surface area contributed by atoms with E-state index in [4.69, 9.17) is 5.26 Å². The first-order valence-electron chi connectivity index (χ1n) is 5.37. The molecule has 17 heavy (non-hydrogen) atoms. The normalized spacial score (nSPS) is 9.88. The van der Waals surface area contributed by atoms with Gasteiger partial charge < -0.3 is 4.57 Å². The highest BCUT2D eigenvalue weighted by atomic mass is 16.1. The molecule has 0 fully saturated rings. The Labute approximate surface area is 99.6 Å². The van der Waals surface area contributed by atoms with Gasteiger partial charge in [-0.25, -0.2) is 0 Å². The molecule has 1 aromatic carbocycles. The fraction of sp³-hybridized carbons (Fsp3) is 0.143. The Morgan fingerprint density at radius 1 is 1.18 bits per heavy atom. The van der Waals surface area contributed by atoms with Crippen molar-refractivity contribution < 1.29 is 0 Å². The van der Waals surface area contributed by atoms with E-state index in [1.54, 1.807) is 16.7 Å². The maximum atomic E-state index is 11.7. The van der Waals surface area contributed by atoms with E-state index in [1.165, 1.54) is 6.07 Å². The second kappa shape index (κ2) is 4.67. The number of nitrogens with zero attached hydrogens (tertiary/aromatic N) is 2. The van der Waals surface area contributed by atoms with Crippen LogP contribution >= 0.6 is 0 Å². The average Bonchev–Trinajstić information content (AvgIpc) is 2.34. The highest BCUT2D eigenvalue weighted by molar-refractivity contribution is 5.37. The van der Waals surface area contributed by atoms with Crippen molar-refractivity contribution in [1.29, 1.82) is 5.26 Å². The van der Waals surface area contributed by atoms with E-state index in [0.29, 0.717) is 12.1 Å².